The van der Waals surface area contributed by atoms with Crippen molar-refractivity contribution >= 4 is 28.5 Å². The van der Waals surface area contributed by atoms with Crippen molar-refractivity contribution in [2.45, 2.75) is 19.4 Å². The highest BCUT2D eigenvalue weighted by Gasteiger charge is 2.29. The van der Waals surface area contributed by atoms with Gasteiger partial charge >= 0.3 is 0 Å². The lowest BCUT2D eigenvalue weighted by atomic mass is 10.0. The smallest absolute Gasteiger partial charge is 0.287 e. The summed E-state index contributed by atoms with van der Waals surface area (Å²) >= 11 is 0. The number of primary amides is 1. The summed E-state index contributed by atoms with van der Waals surface area (Å²) in [6.07, 6.45) is 1.87. The van der Waals surface area contributed by atoms with Crippen LogP contribution in [0.2, 0.25) is 0 Å². The number of carbonyl (C=O) groups is 3. The summed E-state index contributed by atoms with van der Waals surface area (Å²) in [5.74, 6) is -2.27. The number of hydrogen-bond acceptors (Lipinski definition) is 5. The summed E-state index contributed by atoms with van der Waals surface area (Å²) in [5, 5.41) is 7.58. The number of amides is 2. The van der Waals surface area contributed by atoms with E-state index in [1.165, 1.54) is 0 Å². The molecule has 2 aromatic carbocycles. The number of ketones is 1. The van der Waals surface area contributed by atoms with Gasteiger partial charge in [-0.25, -0.2) is 0 Å². The van der Waals surface area contributed by atoms with Crippen LogP contribution in [0.4, 0.5) is 0 Å². The normalized spacial score (nSPS) is 11.9. The molecule has 156 valence electrons. The topological polar surface area (TPSA) is 131 Å². The molecule has 0 aliphatic heterocycles. The number of rotatable bonds is 7. The zero-order chi connectivity index (χ0) is 22.0. The molecule has 0 bridgehead atoms. The van der Waals surface area contributed by atoms with Gasteiger partial charge in [0.15, 0.2) is 0 Å². The van der Waals surface area contributed by atoms with Crippen molar-refractivity contribution in [1.29, 1.82) is 0 Å². The molecular formula is C23H20N4O4. The molecule has 2 amide bonds. The Morgan fingerprint density at radius 3 is 2.55 bits per heavy atom. The lowest BCUT2D eigenvalue weighted by molar-refractivity contribution is -0.137. The van der Waals surface area contributed by atoms with Crippen LogP contribution in [0.15, 0.2) is 65.3 Å². The van der Waals surface area contributed by atoms with Crippen molar-refractivity contribution in [1.82, 2.24) is 15.5 Å². The molecule has 2 heterocycles. The molecule has 0 aliphatic rings. The van der Waals surface area contributed by atoms with Crippen LogP contribution < -0.4 is 11.1 Å². The molecule has 4 aromatic rings. The Morgan fingerprint density at radius 1 is 1.10 bits per heavy atom. The molecule has 0 spiro atoms. The zero-order valence-electron chi connectivity index (χ0n) is 16.7. The molecule has 4 rings (SSSR count). The van der Waals surface area contributed by atoms with Crippen molar-refractivity contribution in [3.63, 3.8) is 0 Å². The van der Waals surface area contributed by atoms with Crippen LogP contribution >= 0.6 is 0 Å². The molecule has 0 saturated carbocycles. The molecule has 1 atom stereocenters. The van der Waals surface area contributed by atoms with E-state index in [4.69, 9.17) is 10.3 Å². The zero-order valence-corrected chi connectivity index (χ0v) is 16.7. The van der Waals surface area contributed by atoms with E-state index < -0.39 is 23.6 Å². The minimum atomic E-state index is -1.11. The van der Waals surface area contributed by atoms with Crippen molar-refractivity contribution in [3.8, 4) is 11.3 Å². The second-order valence-corrected chi connectivity index (χ2v) is 7.15. The predicted octanol–water partition coefficient (Wildman–Crippen LogP) is 2.53. The summed E-state index contributed by atoms with van der Waals surface area (Å²) < 4.78 is 5.30. The number of nitrogens with two attached hydrogens (primary N) is 1. The maximum atomic E-state index is 13.2. The third-order valence-electron chi connectivity index (χ3n) is 5.08. The number of para-hydroxylation sites is 1. The molecule has 31 heavy (non-hydrogen) atoms. The summed E-state index contributed by atoms with van der Waals surface area (Å²) in [4.78, 5) is 40.3. The van der Waals surface area contributed by atoms with Gasteiger partial charge in [0.1, 0.15) is 23.1 Å². The molecule has 0 radical (unpaired) electrons. The van der Waals surface area contributed by atoms with Crippen molar-refractivity contribution < 1.29 is 18.9 Å². The SMILES string of the molecule is Cc1onc(-c2c[nH]c3ccccc23)c1C(=O)NC(Cc1ccccc1)C(=O)C(N)=O. The van der Waals surface area contributed by atoms with Crippen LogP contribution in [-0.2, 0) is 16.0 Å². The number of Topliss-reactive ketones (excluding diaryl/α,β-unsaturated/α-hetero) is 1. The molecule has 2 aromatic heterocycles. The van der Waals surface area contributed by atoms with E-state index in [-0.39, 0.29) is 12.0 Å². The van der Waals surface area contributed by atoms with Crippen LogP contribution in [0.25, 0.3) is 22.2 Å². The quantitative estimate of drug-likeness (QED) is 0.399. The molecule has 8 nitrogen and oxygen atoms in total. The van der Waals surface area contributed by atoms with E-state index in [1.54, 1.807) is 25.3 Å². The number of nitrogens with zero attached hydrogens (tertiary/aromatic N) is 1. The van der Waals surface area contributed by atoms with E-state index in [9.17, 15) is 14.4 Å². The van der Waals surface area contributed by atoms with Crippen molar-refractivity contribution in [2.24, 2.45) is 5.73 Å². The van der Waals surface area contributed by atoms with E-state index in [0.717, 1.165) is 16.5 Å². The first-order valence-electron chi connectivity index (χ1n) is 9.67. The van der Waals surface area contributed by atoms with Gasteiger partial charge in [-0.3, -0.25) is 14.4 Å². The van der Waals surface area contributed by atoms with Gasteiger partial charge < -0.3 is 20.6 Å². The van der Waals surface area contributed by atoms with E-state index in [2.05, 4.69) is 15.5 Å². The third-order valence-corrected chi connectivity index (χ3v) is 5.08. The highest BCUT2D eigenvalue weighted by Crippen LogP contribution is 2.31. The first kappa shape index (κ1) is 20.1. The number of nitrogens with one attached hydrogen (secondary N) is 2. The Morgan fingerprint density at radius 2 is 1.81 bits per heavy atom. The Balaban J connectivity index is 1.68. The van der Waals surface area contributed by atoms with Crippen molar-refractivity contribution in [2.75, 3.05) is 0 Å². The van der Waals surface area contributed by atoms with E-state index in [0.29, 0.717) is 17.0 Å². The van der Waals surface area contributed by atoms with Gasteiger partial charge in [-0.2, -0.15) is 0 Å². The average Bonchev–Trinajstić information content (AvgIpc) is 3.36. The number of aromatic nitrogens is 2. The average molecular weight is 416 g/mol. The molecule has 0 fully saturated rings. The van der Waals surface area contributed by atoms with Gasteiger partial charge in [0.25, 0.3) is 11.8 Å². The first-order chi connectivity index (χ1) is 15.0. The second-order valence-electron chi connectivity index (χ2n) is 7.15. The van der Waals surface area contributed by atoms with Crippen LogP contribution in [0.3, 0.4) is 0 Å². The number of hydrogen-bond donors (Lipinski definition) is 3. The van der Waals surface area contributed by atoms with Crippen molar-refractivity contribution in [3.05, 3.63) is 77.7 Å². The summed E-state index contributed by atoms with van der Waals surface area (Å²) in [7, 11) is 0. The Labute approximate surface area is 177 Å². The molecular weight excluding hydrogens is 396 g/mol. The lowest BCUT2D eigenvalue weighted by Crippen LogP contribution is -2.47. The molecule has 1 unspecified atom stereocenters. The minimum absolute atomic E-state index is 0.126. The fraction of sp³-hybridized carbons (Fsp3) is 0.130. The fourth-order valence-corrected chi connectivity index (χ4v) is 3.55. The number of H-pyrrole nitrogens is 1. The van der Waals surface area contributed by atoms with E-state index in [1.807, 2.05) is 42.5 Å². The number of aryl methyl sites for hydroxylation is 1. The second kappa shape index (κ2) is 8.27. The Kier molecular flexibility index (Phi) is 5.36. The number of carbonyl (C=O) groups excluding carboxylic acids is 3. The van der Waals surface area contributed by atoms with Crippen LogP contribution in [0.5, 0.6) is 0 Å². The molecule has 4 N–H and O–H groups in total. The van der Waals surface area contributed by atoms with E-state index >= 15 is 0 Å². The largest absolute Gasteiger partial charge is 0.363 e. The highest BCUT2D eigenvalue weighted by atomic mass is 16.5. The maximum absolute atomic E-state index is 13.2. The van der Waals surface area contributed by atoms with Crippen LogP contribution in [0, 0.1) is 6.92 Å². The summed E-state index contributed by atoms with van der Waals surface area (Å²) in [6.45, 7) is 1.61. The predicted molar refractivity (Wildman–Crippen MR) is 114 cm³/mol. The van der Waals surface area contributed by atoms with Gasteiger partial charge in [0, 0.05) is 29.1 Å². The number of aromatic amines is 1. The first-order valence-corrected chi connectivity index (χ1v) is 9.67. The Hall–Kier alpha value is -4.20. The number of fused-ring (bicyclic) bond motifs is 1. The third kappa shape index (κ3) is 3.95. The van der Waals surface area contributed by atoms with Crippen LogP contribution in [-0.4, -0.2) is 33.8 Å². The highest BCUT2D eigenvalue weighted by molar-refractivity contribution is 6.38. The molecule has 0 aliphatic carbocycles. The maximum Gasteiger partial charge on any atom is 0.287 e. The monoisotopic (exact) mass is 416 g/mol. The standard InChI is InChI=1S/C23H20N4O4/c1-13-19(20(27-31-13)16-12-25-17-10-6-5-9-15(16)17)23(30)26-18(21(28)22(24)29)11-14-7-3-2-4-8-14/h2-10,12,18,25H,11H2,1H3,(H2,24,29)(H,26,30). The number of benzene rings is 2. The molecule has 0 saturated heterocycles. The van der Waals surface area contributed by atoms with Gasteiger partial charge in [-0.05, 0) is 18.6 Å². The fourth-order valence-electron chi connectivity index (χ4n) is 3.55. The van der Waals surface area contributed by atoms with Gasteiger partial charge in [-0.15, -0.1) is 0 Å². The molecule has 8 heteroatoms. The lowest BCUT2D eigenvalue weighted by Gasteiger charge is -2.16. The van der Waals surface area contributed by atoms with Crippen LogP contribution in [0.1, 0.15) is 21.7 Å². The van der Waals surface area contributed by atoms with Gasteiger partial charge in [0.2, 0.25) is 5.78 Å². The van der Waals surface area contributed by atoms with Gasteiger partial charge in [-0.1, -0.05) is 53.7 Å². The summed E-state index contributed by atoms with van der Waals surface area (Å²) in [6, 6.07) is 15.5. The minimum Gasteiger partial charge on any atom is -0.363 e. The summed E-state index contributed by atoms with van der Waals surface area (Å²) in [5.41, 5.74) is 8.11. The Bertz CT molecular complexity index is 1270. The van der Waals surface area contributed by atoms with Gasteiger partial charge in [0.05, 0.1) is 0 Å².